The smallest absolute Gasteiger partial charge is 0.220 e. The fourth-order valence-corrected chi connectivity index (χ4v) is 1.83. The summed E-state index contributed by atoms with van der Waals surface area (Å²) in [4.78, 5) is 13.4. The predicted octanol–water partition coefficient (Wildman–Crippen LogP) is 2.53. The van der Waals surface area contributed by atoms with E-state index >= 15 is 0 Å². The van der Waals surface area contributed by atoms with Gasteiger partial charge in [-0.1, -0.05) is 54.6 Å². The Morgan fingerprint density at radius 1 is 1.19 bits per heavy atom. The lowest BCUT2D eigenvalue weighted by atomic mass is 10.2. The van der Waals surface area contributed by atoms with Crippen LogP contribution in [-0.4, -0.2) is 16.8 Å². The Kier molecular flexibility index (Phi) is 3.20. The first-order chi connectivity index (χ1) is 7.77. The Balaban J connectivity index is 2.12. The van der Waals surface area contributed by atoms with E-state index in [-0.39, 0.29) is 11.9 Å². The van der Waals surface area contributed by atoms with Crippen molar-refractivity contribution in [3.63, 3.8) is 0 Å². The average molecular weight is 213 g/mol. The summed E-state index contributed by atoms with van der Waals surface area (Å²) in [6, 6.07) is 10.2. The zero-order valence-corrected chi connectivity index (χ0v) is 9.34. The second-order valence-corrected chi connectivity index (χ2v) is 3.89. The third kappa shape index (κ3) is 2.40. The topological polar surface area (TPSA) is 20.3 Å². The summed E-state index contributed by atoms with van der Waals surface area (Å²) in [6.07, 6.45) is 8.02. The van der Waals surface area contributed by atoms with E-state index in [1.807, 2.05) is 59.5 Å². The molecule has 0 atom stereocenters. The molecule has 0 heterocycles. The van der Waals surface area contributed by atoms with Crippen LogP contribution in [0, 0.1) is 0 Å². The molecule has 0 N–H and O–H groups in total. The van der Waals surface area contributed by atoms with Crippen LogP contribution in [0.4, 0.5) is 0 Å². The Labute approximate surface area is 95.9 Å². The summed E-state index contributed by atoms with van der Waals surface area (Å²) < 4.78 is 0. The molecule has 0 saturated carbocycles. The summed E-state index contributed by atoms with van der Waals surface area (Å²) >= 11 is 0. The van der Waals surface area contributed by atoms with Crippen LogP contribution in [0.25, 0.3) is 0 Å². The number of amides is 1. The van der Waals surface area contributed by atoms with Gasteiger partial charge in [-0.25, -0.2) is 0 Å². The second-order valence-electron chi connectivity index (χ2n) is 3.89. The van der Waals surface area contributed by atoms with Crippen LogP contribution in [0.1, 0.15) is 12.5 Å². The van der Waals surface area contributed by atoms with Crippen molar-refractivity contribution in [3.8, 4) is 0 Å². The van der Waals surface area contributed by atoms with Crippen molar-refractivity contribution in [2.75, 3.05) is 0 Å². The first-order valence-corrected chi connectivity index (χ1v) is 5.43. The van der Waals surface area contributed by atoms with E-state index in [0.29, 0.717) is 6.54 Å². The fourth-order valence-electron chi connectivity index (χ4n) is 1.83. The van der Waals surface area contributed by atoms with Crippen LogP contribution in [0.2, 0.25) is 0 Å². The molecule has 2 nitrogen and oxygen atoms in total. The molecule has 0 spiro atoms. The molecule has 2 rings (SSSR count). The van der Waals surface area contributed by atoms with Crippen LogP contribution < -0.4 is 0 Å². The summed E-state index contributed by atoms with van der Waals surface area (Å²) in [5.41, 5.74) is 1.16. The van der Waals surface area contributed by atoms with Gasteiger partial charge in [-0.15, -0.1) is 0 Å². The number of rotatable bonds is 3. The molecule has 16 heavy (non-hydrogen) atoms. The molecule has 0 saturated heterocycles. The maximum Gasteiger partial charge on any atom is 0.220 e. The predicted molar refractivity (Wildman–Crippen MR) is 64.7 cm³/mol. The Hall–Kier alpha value is -1.83. The van der Waals surface area contributed by atoms with Gasteiger partial charge in [-0.2, -0.15) is 0 Å². The molecule has 0 bridgehead atoms. The number of benzene rings is 1. The number of carbonyl (C=O) groups excluding carboxylic acids is 1. The van der Waals surface area contributed by atoms with Gasteiger partial charge in [-0.05, 0) is 5.56 Å². The van der Waals surface area contributed by atoms with Crippen molar-refractivity contribution in [1.29, 1.82) is 0 Å². The van der Waals surface area contributed by atoms with Gasteiger partial charge in [-0.3, -0.25) is 4.79 Å². The standard InChI is InChI=1S/C14H15NO/c1-12(16)15(14-9-5-6-10-14)11-13-7-3-2-4-8-13/h2-10,14H,11H2,1H3. The van der Waals surface area contributed by atoms with Crippen LogP contribution in [-0.2, 0) is 11.3 Å². The van der Waals surface area contributed by atoms with Gasteiger partial charge >= 0.3 is 0 Å². The highest BCUT2D eigenvalue weighted by Gasteiger charge is 2.17. The summed E-state index contributed by atoms with van der Waals surface area (Å²) in [7, 11) is 0. The van der Waals surface area contributed by atoms with E-state index in [2.05, 4.69) is 0 Å². The molecule has 1 aromatic carbocycles. The Morgan fingerprint density at radius 3 is 2.38 bits per heavy atom. The lowest BCUT2D eigenvalue weighted by Gasteiger charge is -2.25. The van der Waals surface area contributed by atoms with Gasteiger partial charge in [0.1, 0.15) is 0 Å². The van der Waals surface area contributed by atoms with Gasteiger partial charge in [0, 0.05) is 13.5 Å². The highest BCUT2D eigenvalue weighted by atomic mass is 16.2. The number of nitrogens with zero attached hydrogens (tertiary/aromatic N) is 1. The lowest BCUT2D eigenvalue weighted by Crippen LogP contribution is -2.35. The van der Waals surface area contributed by atoms with Gasteiger partial charge < -0.3 is 4.90 Å². The maximum atomic E-state index is 11.6. The highest BCUT2D eigenvalue weighted by Crippen LogP contribution is 2.14. The minimum absolute atomic E-state index is 0.102. The van der Waals surface area contributed by atoms with Crippen LogP contribution in [0.3, 0.4) is 0 Å². The fraction of sp³-hybridized carbons (Fsp3) is 0.214. The number of hydrogen-bond acceptors (Lipinski definition) is 1. The van der Waals surface area contributed by atoms with Gasteiger partial charge in [0.15, 0.2) is 0 Å². The van der Waals surface area contributed by atoms with E-state index in [9.17, 15) is 4.79 Å². The van der Waals surface area contributed by atoms with Crippen molar-refractivity contribution >= 4 is 5.91 Å². The second kappa shape index (κ2) is 4.79. The largest absolute Gasteiger partial charge is 0.329 e. The van der Waals surface area contributed by atoms with Gasteiger partial charge in [0.05, 0.1) is 6.04 Å². The lowest BCUT2D eigenvalue weighted by molar-refractivity contribution is -0.130. The van der Waals surface area contributed by atoms with Crippen molar-refractivity contribution in [3.05, 3.63) is 60.2 Å². The minimum Gasteiger partial charge on any atom is -0.329 e. The Bertz CT molecular complexity index is 408. The Morgan fingerprint density at radius 2 is 1.81 bits per heavy atom. The number of carbonyl (C=O) groups is 1. The maximum absolute atomic E-state index is 11.6. The molecule has 1 amide bonds. The molecule has 0 unspecified atom stereocenters. The quantitative estimate of drug-likeness (QED) is 0.755. The van der Waals surface area contributed by atoms with E-state index in [0.717, 1.165) is 5.56 Å². The normalized spacial score (nSPS) is 14.3. The molecule has 2 heteroatoms. The molecular formula is C14H15NO. The van der Waals surface area contributed by atoms with Crippen LogP contribution in [0.5, 0.6) is 0 Å². The SMILES string of the molecule is CC(=O)N(Cc1ccccc1)C1C=CC=C1. The third-order valence-electron chi connectivity index (χ3n) is 2.69. The first kappa shape index (κ1) is 10.7. The van der Waals surface area contributed by atoms with Crippen molar-refractivity contribution in [2.45, 2.75) is 19.5 Å². The third-order valence-corrected chi connectivity index (χ3v) is 2.69. The molecule has 1 aromatic rings. The van der Waals surface area contributed by atoms with Crippen molar-refractivity contribution < 1.29 is 4.79 Å². The summed E-state index contributed by atoms with van der Waals surface area (Å²) in [6.45, 7) is 2.28. The number of allylic oxidation sites excluding steroid dienone is 2. The van der Waals surface area contributed by atoms with Crippen LogP contribution >= 0.6 is 0 Å². The minimum atomic E-state index is 0.102. The molecule has 0 aliphatic heterocycles. The molecule has 82 valence electrons. The van der Waals surface area contributed by atoms with Crippen molar-refractivity contribution in [2.24, 2.45) is 0 Å². The molecule has 0 radical (unpaired) electrons. The first-order valence-electron chi connectivity index (χ1n) is 5.43. The molecule has 0 aromatic heterocycles. The summed E-state index contributed by atoms with van der Waals surface area (Å²) in [5, 5.41) is 0. The molecule has 1 aliphatic rings. The monoisotopic (exact) mass is 213 g/mol. The average Bonchev–Trinajstić information content (AvgIpc) is 2.80. The van der Waals surface area contributed by atoms with Crippen LogP contribution in [0.15, 0.2) is 54.6 Å². The van der Waals surface area contributed by atoms with E-state index in [4.69, 9.17) is 0 Å². The van der Waals surface area contributed by atoms with Gasteiger partial charge in [0.25, 0.3) is 0 Å². The number of hydrogen-bond donors (Lipinski definition) is 0. The van der Waals surface area contributed by atoms with Gasteiger partial charge in [0.2, 0.25) is 5.91 Å². The molecule has 1 aliphatic carbocycles. The summed E-state index contributed by atoms with van der Waals surface area (Å²) in [5.74, 6) is 0.102. The molecular weight excluding hydrogens is 198 g/mol. The zero-order valence-electron chi connectivity index (χ0n) is 9.34. The van der Waals surface area contributed by atoms with Crippen molar-refractivity contribution in [1.82, 2.24) is 4.90 Å². The van der Waals surface area contributed by atoms with E-state index in [1.165, 1.54) is 0 Å². The van der Waals surface area contributed by atoms with E-state index < -0.39 is 0 Å². The van der Waals surface area contributed by atoms with E-state index in [1.54, 1.807) is 6.92 Å². The zero-order chi connectivity index (χ0) is 11.4. The highest BCUT2D eigenvalue weighted by molar-refractivity contribution is 5.74. The molecule has 0 fully saturated rings.